The fourth-order valence-corrected chi connectivity index (χ4v) is 4.47. The van der Waals surface area contributed by atoms with Gasteiger partial charge in [-0.15, -0.1) is 0 Å². The smallest absolute Gasteiger partial charge is 0.0647 e. The molecule has 0 saturated heterocycles. The molecule has 34 heavy (non-hydrogen) atoms. The predicted molar refractivity (Wildman–Crippen MR) is 146 cm³/mol. The summed E-state index contributed by atoms with van der Waals surface area (Å²) in [5, 5.41) is 1.38. The monoisotopic (exact) mass is 480 g/mol. The van der Waals surface area contributed by atoms with Crippen LogP contribution in [0.25, 0.3) is 0 Å². The van der Waals surface area contributed by atoms with Gasteiger partial charge in [0.2, 0.25) is 0 Å². The summed E-state index contributed by atoms with van der Waals surface area (Å²) in [5.74, 6) is 0. The highest BCUT2D eigenvalue weighted by Gasteiger charge is 2.18. The highest BCUT2D eigenvalue weighted by molar-refractivity contribution is 6.34. The zero-order valence-corrected chi connectivity index (χ0v) is 19.9. The van der Waals surface area contributed by atoms with E-state index in [0.717, 1.165) is 34.1 Å². The molecule has 0 unspecified atom stereocenters. The van der Waals surface area contributed by atoms with E-state index < -0.39 is 0 Å². The van der Waals surface area contributed by atoms with Crippen LogP contribution in [0.1, 0.15) is 0 Å². The van der Waals surface area contributed by atoms with E-state index in [4.69, 9.17) is 23.2 Å². The van der Waals surface area contributed by atoms with Crippen LogP contribution in [-0.4, -0.2) is 0 Å². The van der Waals surface area contributed by atoms with Crippen molar-refractivity contribution in [1.29, 1.82) is 0 Å². The van der Waals surface area contributed by atoms with E-state index in [1.165, 1.54) is 0 Å². The first-order valence-electron chi connectivity index (χ1n) is 11.0. The zero-order valence-electron chi connectivity index (χ0n) is 18.4. The van der Waals surface area contributed by atoms with Crippen LogP contribution < -0.4 is 9.80 Å². The van der Waals surface area contributed by atoms with E-state index in [2.05, 4.69) is 58.3 Å². The number of anilines is 6. The number of nitrogens with zero attached hydrogens (tertiary/aromatic N) is 2. The van der Waals surface area contributed by atoms with Crippen molar-refractivity contribution in [1.82, 2.24) is 0 Å². The molecule has 0 bridgehead atoms. The number of halogens is 2. The van der Waals surface area contributed by atoms with Gasteiger partial charge in [0.25, 0.3) is 0 Å². The zero-order chi connectivity index (χ0) is 23.3. The first-order valence-corrected chi connectivity index (χ1v) is 11.8. The van der Waals surface area contributed by atoms with Gasteiger partial charge in [-0.05, 0) is 72.8 Å². The van der Waals surface area contributed by atoms with Gasteiger partial charge < -0.3 is 9.80 Å². The van der Waals surface area contributed by atoms with Crippen molar-refractivity contribution in [3.8, 4) is 0 Å². The summed E-state index contributed by atoms with van der Waals surface area (Å²) in [5.41, 5.74) is 5.94. The maximum atomic E-state index is 6.61. The highest BCUT2D eigenvalue weighted by Crippen LogP contribution is 2.42. The molecule has 0 N–H and O–H groups in total. The minimum absolute atomic E-state index is 0.692. The first kappa shape index (κ1) is 22.1. The number of rotatable bonds is 6. The van der Waals surface area contributed by atoms with Gasteiger partial charge in [0.15, 0.2) is 0 Å². The van der Waals surface area contributed by atoms with Gasteiger partial charge in [-0.2, -0.15) is 0 Å². The van der Waals surface area contributed by atoms with Crippen molar-refractivity contribution in [2.75, 3.05) is 9.80 Å². The van der Waals surface area contributed by atoms with Crippen LogP contribution in [0.5, 0.6) is 0 Å². The van der Waals surface area contributed by atoms with Gasteiger partial charge in [0.05, 0.1) is 21.4 Å². The van der Waals surface area contributed by atoms with Gasteiger partial charge in [0.1, 0.15) is 0 Å². The van der Waals surface area contributed by atoms with Crippen molar-refractivity contribution < 1.29 is 0 Å². The van der Waals surface area contributed by atoms with Crippen molar-refractivity contribution in [2.45, 2.75) is 0 Å². The van der Waals surface area contributed by atoms with Crippen LogP contribution in [0, 0.1) is 0 Å². The summed E-state index contributed by atoms with van der Waals surface area (Å²) in [7, 11) is 0. The Hall–Kier alpha value is -3.72. The van der Waals surface area contributed by atoms with Crippen LogP contribution in [-0.2, 0) is 0 Å². The SMILES string of the molecule is Clc1ccccc1N(c1ccccc1)c1ccc(N(c2ccccc2)c2ccccc2Cl)cc1. The molecule has 0 spiro atoms. The molecule has 5 aromatic rings. The molecular weight excluding hydrogens is 459 g/mol. The molecule has 5 rings (SSSR count). The van der Waals surface area contributed by atoms with Gasteiger partial charge in [-0.1, -0.05) is 83.9 Å². The van der Waals surface area contributed by atoms with E-state index in [1.807, 2.05) is 84.9 Å². The Kier molecular flexibility index (Phi) is 6.53. The average Bonchev–Trinajstić information content (AvgIpc) is 2.89. The van der Waals surface area contributed by atoms with E-state index >= 15 is 0 Å². The van der Waals surface area contributed by atoms with Gasteiger partial charge in [-0.25, -0.2) is 0 Å². The summed E-state index contributed by atoms with van der Waals surface area (Å²) in [6.45, 7) is 0. The van der Waals surface area contributed by atoms with Crippen LogP contribution in [0.3, 0.4) is 0 Å². The Morgan fingerprint density at radius 2 is 0.618 bits per heavy atom. The second kappa shape index (κ2) is 10.0. The number of hydrogen-bond donors (Lipinski definition) is 0. The van der Waals surface area contributed by atoms with E-state index in [0.29, 0.717) is 10.0 Å². The lowest BCUT2D eigenvalue weighted by molar-refractivity contribution is 1.26. The molecule has 0 aliphatic carbocycles. The summed E-state index contributed by atoms with van der Waals surface area (Å²) < 4.78 is 0. The van der Waals surface area contributed by atoms with Crippen LogP contribution >= 0.6 is 23.2 Å². The first-order chi connectivity index (χ1) is 16.7. The highest BCUT2D eigenvalue weighted by atomic mass is 35.5. The molecule has 0 fully saturated rings. The van der Waals surface area contributed by atoms with Gasteiger partial charge in [0, 0.05) is 22.7 Å². The molecule has 0 atom stereocenters. The summed E-state index contributed by atoms with van der Waals surface area (Å²) in [6, 6.07) is 44.7. The van der Waals surface area contributed by atoms with Crippen molar-refractivity contribution in [2.24, 2.45) is 0 Å². The number of hydrogen-bond acceptors (Lipinski definition) is 2. The van der Waals surface area contributed by atoms with Gasteiger partial charge >= 0.3 is 0 Å². The Balaban J connectivity index is 1.60. The second-order valence-corrected chi connectivity index (χ2v) is 8.58. The third-order valence-corrected chi connectivity index (χ3v) is 6.22. The summed E-state index contributed by atoms with van der Waals surface area (Å²) in [6.07, 6.45) is 0. The van der Waals surface area contributed by atoms with E-state index in [-0.39, 0.29) is 0 Å². The van der Waals surface area contributed by atoms with Crippen molar-refractivity contribution >= 4 is 57.3 Å². The minimum Gasteiger partial charge on any atom is -0.309 e. The Bertz CT molecular complexity index is 1260. The Labute approximate surface area is 210 Å². The van der Waals surface area contributed by atoms with Crippen LogP contribution in [0.15, 0.2) is 133 Å². The minimum atomic E-state index is 0.692. The lowest BCUT2D eigenvalue weighted by Gasteiger charge is -2.29. The Morgan fingerprint density at radius 1 is 0.324 bits per heavy atom. The second-order valence-electron chi connectivity index (χ2n) is 7.76. The summed E-state index contributed by atoms with van der Waals surface area (Å²) >= 11 is 13.2. The molecule has 0 aliphatic heterocycles. The predicted octanol–water partition coefficient (Wildman–Crippen LogP) is 9.93. The molecule has 2 nitrogen and oxygen atoms in total. The third-order valence-electron chi connectivity index (χ3n) is 5.58. The maximum Gasteiger partial charge on any atom is 0.0647 e. The maximum absolute atomic E-state index is 6.61. The lowest BCUT2D eigenvalue weighted by atomic mass is 10.1. The topological polar surface area (TPSA) is 6.48 Å². The molecule has 0 aliphatic rings. The summed E-state index contributed by atoms with van der Waals surface area (Å²) in [4.78, 5) is 4.32. The molecule has 0 heterocycles. The average molecular weight is 481 g/mol. The van der Waals surface area contributed by atoms with Crippen LogP contribution in [0.2, 0.25) is 10.0 Å². The van der Waals surface area contributed by atoms with E-state index in [9.17, 15) is 0 Å². The van der Waals surface area contributed by atoms with E-state index in [1.54, 1.807) is 0 Å². The fraction of sp³-hybridized carbons (Fsp3) is 0. The number of para-hydroxylation sites is 4. The number of benzene rings is 5. The molecule has 0 amide bonds. The third kappa shape index (κ3) is 4.51. The molecule has 0 aromatic heterocycles. The largest absolute Gasteiger partial charge is 0.309 e. The quantitative estimate of drug-likeness (QED) is 0.238. The standard InChI is InChI=1S/C30H22Cl2N2/c31-27-15-7-9-17-29(27)33(23-11-3-1-4-12-23)25-19-21-26(22-20-25)34(24-13-5-2-6-14-24)30-18-10-8-16-28(30)32/h1-22H. The normalized spacial score (nSPS) is 10.6. The van der Waals surface area contributed by atoms with Crippen molar-refractivity contribution in [3.63, 3.8) is 0 Å². The molecule has 166 valence electrons. The molecule has 5 aromatic carbocycles. The lowest BCUT2D eigenvalue weighted by Crippen LogP contribution is -2.12. The molecule has 0 saturated carbocycles. The van der Waals surface area contributed by atoms with Crippen molar-refractivity contribution in [3.05, 3.63) is 144 Å². The fourth-order valence-electron chi connectivity index (χ4n) is 4.03. The Morgan fingerprint density at radius 3 is 0.971 bits per heavy atom. The molecule has 0 radical (unpaired) electrons. The van der Waals surface area contributed by atoms with Gasteiger partial charge in [-0.3, -0.25) is 0 Å². The van der Waals surface area contributed by atoms with Crippen LogP contribution in [0.4, 0.5) is 34.1 Å². The molecular formula is C30H22Cl2N2. The molecule has 4 heteroatoms.